The number of hydrogen-bond donors (Lipinski definition) is 1. The Morgan fingerprint density at radius 2 is 2.06 bits per heavy atom. The van der Waals surface area contributed by atoms with E-state index in [1.54, 1.807) is 11.3 Å². The molecule has 1 fully saturated rings. The summed E-state index contributed by atoms with van der Waals surface area (Å²) in [6.45, 7) is 8.88. The minimum absolute atomic E-state index is 0.260. The second-order valence-electron chi connectivity index (χ2n) is 6.19. The first-order chi connectivity index (χ1) is 7.92. The van der Waals surface area contributed by atoms with Gasteiger partial charge >= 0.3 is 0 Å². The van der Waals surface area contributed by atoms with Crippen molar-refractivity contribution in [2.45, 2.75) is 59.5 Å². The highest BCUT2D eigenvalue weighted by atomic mass is 32.1. The van der Waals surface area contributed by atoms with Crippen LogP contribution < -0.4 is 0 Å². The van der Waals surface area contributed by atoms with E-state index in [1.165, 1.54) is 41.0 Å². The minimum atomic E-state index is -0.260. The number of aryl methyl sites for hydroxylation is 2. The third-order valence-electron chi connectivity index (χ3n) is 4.32. The lowest BCUT2D eigenvalue weighted by atomic mass is 9.66. The maximum Gasteiger partial charge on any atom is 0.0917 e. The van der Waals surface area contributed by atoms with E-state index in [1.807, 2.05) is 0 Å². The Labute approximate surface area is 109 Å². The molecule has 0 radical (unpaired) electrons. The van der Waals surface area contributed by atoms with Crippen molar-refractivity contribution in [3.8, 4) is 0 Å². The predicted molar refractivity (Wildman–Crippen MR) is 74.5 cm³/mol. The highest BCUT2D eigenvalue weighted by Crippen LogP contribution is 2.48. The van der Waals surface area contributed by atoms with E-state index in [2.05, 4.69) is 33.8 Å². The van der Waals surface area contributed by atoms with Crippen molar-refractivity contribution < 1.29 is 5.11 Å². The van der Waals surface area contributed by atoms with Gasteiger partial charge in [-0.1, -0.05) is 26.7 Å². The minimum Gasteiger partial charge on any atom is -0.387 e. The highest BCUT2D eigenvalue weighted by Gasteiger charge is 2.38. The van der Waals surface area contributed by atoms with Gasteiger partial charge in [-0.05, 0) is 49.7 Å². The van der Waals surface area contributed by atoms with Crippen molar-refractivity contribution >= 4 is 11.3 Å². The molecule has 2 heteroatoms. The predicted octanol–water partition coefficient (Wildman–Crippen LogP) is 4.61. The summed E-state index contributed by atoms with van der Waals surface area (Å²) >= 11 is 1.77. The van der Waals surface area contributed by atoms with E-state index in [4.69, 9.17) is 0 Å². The van der Waals surface area contributed by atoms with E-state index in [0.29, 0.717) is 5.92 Å². The van der Waals surface area contributed by atoms with Gasteiger partial charge in [-0.2, -0.15) is 0 Å². The zero-order valence-corrected chi connectivity index (χ0v) is 12.2. The van der Waals surface area contributed by atoms with E-state index < -0.39 is 0 Å². The van der Waals surface area contributed by atoms with E-state index >= 15 is 0 Å². The molecule has 0 aromatic carbocycles. The Morgan fingerprint density at radius 1 is 1.35 bits per heavy atom. The molecular weight excluding hydrogens is 228 g/mol. The summed E-state index contributed by atoms with van der Waals surface area (Å²) in [4.78, 5) is 2.51. The normalized spacial score (nSPS) is 25.8. The summed E-state index contributed by atoms with van der Waals surface area (Å²) < 4.78 is 0. The van der Waals surface area contributed by atoms with Gasteiger partial charge < -0.3 is 5.11 Å². The molecule has 2 atom stereocenters. The number of aliphatic hydroxyl groups is 1. The molecule has 2 rings (SSSR count). The lowest BCUT2D eigenvalue weighted by Gasteiger charge is -2.41. The summed E-state index contributed by atoms with van der Waals surface area (Å²) in [6, 6.07) is 2.19. The van der Waals surface area contributed by atoms with Crippen LogP contribution in [0.1, 0.15) is 61.0 Å². The molecule has 96 valence electrons. The largest absolute Gasteiger partial charge is 0.387 e. The van der Waals surface area contributed by atoms with Gasteiger partial charge in [0.15, 0.2) is 0 Å². The average Bonchev–Trinajstić information content (AvgIpc) is 2.56. The van der Waals surface area contributed by atoms with Gasteiger partial charge in [0.1, 0.15) is 0 Å². The molecule has 17 heavy (non-hydrogen) atoms. The van der Waals surface area contributed by atoms with Crippen LogP contribution in [0.15, 0.2) is 6.07 Å². The molecule has 1 aliphatic carbocycles. The molecule has 1 aromatic rings. The Bertz CT molecular complexity index is 392. The summed E-state index contributed by atoms with van der Waals surface area (Å²) in [6.07, 6.45) is 4.75. The van der Waals surface area contributed by atoms with Crippen LogP contribution in [0.5, 0.6) is 0 Å². The van der Waals surface area contributed by atoms with Crippen LogP contribution in [-0.4, -0.2) is 5.11 Å². The molecule has 2 unspecified atom stereocenters. The standard InChI is InChI=1S/C15H24OS/c1-10-9-11(2)17-14(10)13(16)12-7-5-6-8-15(12,3)4/h9,12-13,16H,5-8H2,1-4H3. The maximum atomic E-state index is 10.7. The second-order valence-corrected chi connectivity index (χ2v) is 7.48. The quantitative estimate of drug-likeness (QED) is 0.814. The molecule has 0 amide bonds. The van der Waals surface area contributed by atoms with Gasteiger partial charge in [-0.15, -0.1) is 11.3 Å². The molecule has 1 nitrogen and oxygen atoms in total. The zero-order chi connectivity index (χ0) is 12.6. The van der Waals surface area contributed by atoms with Crippen LogP contribution in [0.25, 0.3) is 0 Å². The van der Waals surface area contributed by atoms with Crippen molar-refractivity contribution in [2.24, 2.45) is 11.3 Å². The van der Waals surface area contributed by atoms with Gasteiger partial charge in [0.2, 0.25) is 0 Å². The molecule has 1 heterocycles. The number of hydrogen-bond acceptors (Lipinski definition) is 2. The molecular formula is C15H24OS. The topological polar surface area (TPSA) is 20.2 Å². The molecule has 0 aliphatic heterocycles. The maximum absolute atomic E-state index is 10.7. The van der Waals surface area contributed by atoms with E-state index in [-0.39, 0.29) is 11.5 Å². The Kier molecular flexibility index (Phi) is 3.65. The smallest absolute Gasteiger partial charge is 0.0917 e. The number of rotatable bonds is 2. The van der Waals surface area contributed by atoms with Gasteiger partial charge in [0.05, 0.1) is 6.10 Å². The zero-order valence-electron chi connectivity index (χ0n) is 11.4. The summed E-state index contributed by atoms with van der Waals surface area (Å²) in [5, 5.41) is 10.7. The molecule has 0 saturated heterocycles. The van der Waals surface area contributed by atoms with Crippen molar-refractivity contribution in [1.29, 1.82) is 0 Å². The first kappa shape index (κ1) is 13.1. The number of aliphatic hydroxyl groups excluding tert-OH is 1. The average molecular weight is 252 g/mol. The van der Waals surface area contributed by atoms with Crippen molar-refractivity contribution in [3.05, 3.63) is 21.4 Å². The summed E-state index contributed by atoms with van der Waals surface area (Å²) in [5.74, 6) is 0.424. The molecule has 0 spiro atoms. The van der Waals surface area contributed by atoms with Crippen LogP contribution in [0.2, 0.25) is 0 Å². The molecule has 0 bridgehead atoms. The van der Waals surface area contributed by atoms with Gasteiger partial charge in [0, 0.05) is 9.75 Å². The molecule has 1 aliphatic rings. The van der Waals surface area contributed by atoms with Crippen molar-refractivity contribution in [1.82, 2.24) is 0 Å². The second kappa shape index (κ2) is 4.74. The van der Waals surface area contributed by atoms with Gasteiger partial charge in [-0.3, -0.25) is 0 Å². The van der Waals surface area contributed by atoms with Gasteiger partial charge in [0.25, 0.3) is 0 Å². The molecule has 1 N–H and O–H groups in total. The third-order valence-corrected chi connectivity index (χ3v) is 5.54. The van der Waals surface area contributed by atoms with Crippen LogP contribution in [0, 0.1) is 25.2 Å². The lowest BCUT2D eigenvalue weighted by molar-refractivity contribution is 0.00560. The third kappa shape index (κ3) is 2.58. The fraction of sp³-hybridized carbons (Fsp3) is 0.733. The fourth-order valence-corrected chi connectivity index (χ4v) is 4.33. The Balaban J connectivity index is 2.24. The SMILES string of the molecule is Cc1cc(C)c(C(O)C2CCCCC2(C)C)s1. The van der Waals surface area contributed by atoms with E-state index in [0.717, 1.165) is 0 Å². The molecule has 1 aromatic heterocycles. The van der Waals surface area contributed by atoms with E-state index in [9.17, 15) is 5.11 Å². The van der Waals surface area contributed by atoms with Gasteiger partial charge in [-0.25, -0.2) is 0 Å². The Morgan fingerprint density at radius 3 is 2.59 bits per heavy atom. The van der Waals surface area contributed by atoms with Crippen molar-refractivity contribution in [3.63, 3.8) is 0 Å². The van der Waals surface area contributed by atoms with Crippen LogP contribution in [0.3, 0.4) is 0 Å². The van der Waals surface area contributed by atoms with Crippen LogP contribution in [0.4, 0.5) is 0 Å². The lowest BCUT2D eigenvalue weighted by Crippen LogP contribution is -2.32. The first-order valence-electron chi connectivity index (χ1n) is 6.67. The highest BCUT2D eigenvalue weighted by molar-refractivity contribution is 7.12. The van der Waals surface area contributed by atoms with Crippen LogP contribution >= 0.6 is 11.3 Å². The number of thiophene rings is 1. The monoisotopic (exact) mass is 252 g/mol. The van der Waals surface area contributed by atoms with Crippen molar-refractivity contribution in [2.75, 3.05) is 0 Å². The first-order valence-corrected chi connectivity index (χ1v) is 7.48. The Hall–Kier alpha value is -0.340. The fourth-order valence-electron chi connectivity index (χ4n) is 3.24. The summed E-state index contributed by atoms with van der Waals surface area (Å²) in [7, 11) is 0. The molecule has 1 saturated carbocycles. The summed E-state index contributed by atoms with van der Waals surface area (Å²) in [5.41, 5.74) is 1.54. The van der Waals surface area contributed by atoms with Crippen LogP contribution in [-0.2, 0) is 0 Å².